The predicted molar refractivity (Wildman–Crippen MR) is 81.3 cm³/mol. The van der Waals surface area contributed by atoms with E-state index in [0.717, 1.165) is 24.2 Å². The number of aryl methyl sites for hydroxylation is 1. The van der Waals surface area contributed by atoms with Crippen LogP contribution in [0.5, 0.6) is 0 Å². The van der Waals surface area contributed by atoms with Gasteiger partial charge in [0.05, 0.1) is 0 Å². The molecule has 1 aromatic carbocycles. The maximum absolute atomic E-state index is 13.8. The molecule has 0 spiro atoms. The van der Waals surface area contributed by atoms with Crippen molar-refractivity contribution in [1.29, 1.82) is 0 Å². The minimum atomic E-state index is -0.127. The average molecular weight is 266 g/mol. The summed E-state index contributed by atoms with van der Waals surface area (Å²) in [6.45, 7) is 9.32. The molecular formula is C16H27FN2. The summed E-state index contributed by atoms with van der Waals surface area (Å²) in [6.07, 6.45) is 1.14. The number of anilines is 1. The van der Waals surface area contributed by atoms with Gasteiger partial charge in [0.15, 0.2) is 0 Å². The van der Waals surface area contributed by atoms with Crippen molar-refractivity contribution in [2.24, 2.45) is 5.92 Å². The highest BCUT2D eigenvalue weighted by molar-refractivity contribution is 5.56. The maximum Gasteiger partial charge on any atom is 0.126 e. The van der Waals surface area contributed by atoms with Crippen molar-refractivity contribution >= 4 is 5.69 Å². The lowest BCUT2D eigenvalue weighted by molar-refractivity contribution is 0.578. The van der Waals surface area contributed by atoms with Gasteiger partial charge in [-0.1, -0.05) is 13.8 Å². The number of benzene rings is 1. The van der Waals surface area contributed by atoms with Crippen LogP contribution in [0, 0.1) is 18.7 Å². The molecule has 2 nitrogen and oxygen atoms in total. The van der Waals surface area contributed by atoms with E-state index in [0.29, 0.717) is 11.5 Å². The first-order valence-electron chi connectivity index (χ1n) is 7.05. The first-order chi connectivity index (χ1) is 8.86. The zero-order valence-electron chi connectivity index (χ0n) is 13.0. The average Bonchev–Trinajstić information content (AvgIpc) is 2.37. The van der Waals surface area contributed by atoms with E-state index in [1.807, 2.05) is 20.0 Å². The highest BCUT2D eigenvalue weighted by Crippen LogP contribution is 2.29. The minimum absolute atomic E-state index is 0.127. The maximum atomic E-state index is 13.8. The topological polar surface area (TPSA) is 15.3 Å². The molecule has 1 unspecified atom stereocenters. The molecule has 0 aliphatic heterocycles. The molecule has 0 heterocycles. The minimum Gasteiger partial charge on any atom is -0.374 e. The van der Waals surface area contributed by atoms with Gasteiger partial charge < -0.3 is 10.2 Å². The Kier molecular flexibility index (Phi) is 5.80. The van der Waals surface area contributed by atoms with E-state index < -0.39 is 0 Å². The standard InChI is InChI=1S/C16H27FN2/c1-11(2)7-8-19(6)16-9-12(3)15(17)10-14(16)13(4)18-5/h9-11,13,18H,7-8H2,1-6H3. The van der Waals surface area contributed by atoms with Crippen LogP contribution in [-0.4, -0.2) is 20.6 Å². The van der Waals surface area contributed by atoms with Gasteiger partial charge in [0, 0.05) is 25.3 Å². The number of nitrogens with one attached hydrogen (secondary N) is 1. The highest BCUT2D eigenvalue weighted by Gasteiger charge is 2.15. The summed E-state index contributed by atoms with van der Waals surface area (Å²) in [7, 11) is 3.99. The fraction of sp³-hybridized carbons (Fsp3) is 0.625. The van der Waals surface area contributed by atoms with Crippen LogP contribution in [0.1, 0.15) is 44.4 Å². The molecule has 1 atom stereocenters. The van der Waals surface area contributed by atoms with Gasteiger partial charge in [-0.3, -0.25) is 0 Å². The Labute approximate surface area is 117 Å². The third-order valence-corrected chi connectivity index (χ3v) is 3.66. The zero-order chi connectivity index (χ0) is 14.6. The number of hydrogen-bond acceptors (Lipinski definition) is 2. The third-order valence-electron chi connectivity index (χ3n) is 3.66. The molecule has 3 heteroatoms. The van der Waals surface area contributed by atoms with Gasteiger partial charge in [0.1, 0.15) is 5.82 Å². The van der Waals surface area contributed by atoms with Gasteiger partial charge in [-0.25, -0.2) is 4.39 Å². The molecule has 0 radical (unpaired) electrons. The molecule has 0 bridgehead atoms. The van der Waals surface area contributed by atoms with E-state index >= 15 is 0 Å². The molecule has 0 aliphatic carbocycles. The lowest BCUT2D eigenvalue weighted by atomic mass is 10.0. The van der Waals surface area contributed by atoms with Crippen molar-refractivity contribution in [2.45, 2.75) is 40.2 Å². The molecule has 19 heavy (non-hydrogen) atoms. The fourth-order valence-corrected chi connectivity index (χ4v) is 2.09. The molecule has 0 saturated carbocycles. The van der Waals surface area contributed by atoms with E-state index in [9.17, 15) is 4.39 Å². The van der Waals surface area contributed by atoms with Crippen LogP contribution in [0.15, 0.2) is 12.1 Å². The van der Waals surface area contributed by atoms with Crippen molar-refractivity contribution < 1.29 is 4.39 Å². The second-order valence-electron chi connectivity index (χ2n) is 5.77. The molecule has 1 N–H and O–H groups in total. The Balaban J connectivity index is 3.06. The Morgan fingerprint density at radius 1 is 1.26 bits per heavy atom. The van der Waals surface area contributed by atoms with Crippen LogP contribution in [0.3, 0.4) is 0 Å². The Hall–Kier alpha value is -1.09. The monoisotopic (exact) mass is 266 g/mol. The SMILES string of the molecule is CNC(C)c1cc(F)c(C)cc1N(C)CCC(C)C. The van der Waals surface area contributed by atoms with Crippen LogP contribution in [0.2, 0.25) is 0 Å². The van der Waals surface area contributed by atoms with Crippen LogP contribution >= 0.6 is 0 Å². The summed E-state index contributed by atoms with van der Waals surface area (Å²) in [5.41, 5.74) is 2.86. The van der Waals surface area contributed by atoms with Crippen molar-refractivity contribution in [3.8, 4) is 0 Å². The Morgan fingerprint density at radius 2 is 1.89 bits per heavy atom. The van der Waals surface area contributed by atoms with E-state index in [2.05, 4.69) is 38.0 Å². The van der Waals surface area contributed by atoms with Gasteiger partial charge in [0.2, 0.25) is 0 Å². The van der Waals surface area contributed by atoms with E-state index in [1.54, 1.807) is 6.07 Å². The smallest absolute Gasteiger partial charge is 0.126 e. The summed E-state index contributed by atoms with van der Waals surface area (Å²) in [6, 6.07) is 3.77. The van der Waals surface area contributed by atoms with Crippen molar-refractivity contribution in [1.82, 2.24) is 5.32 Å². The summed E-state index contributed by atoms with van der Waals surface area (Å²) in [4.78, 5) is 2.23. The molecular weight excluding hydrogens is 239 g/mol. The summed E-state index contributed by atoms with van der Waals surface area (Å²) >= 11 is 0. The quantitative estimate of drug-likeness (QED) is 0.840. The van der Waals surface area contributed by atoms with Crippen molar-refractivity contribution in [3.63, 3.8) is 0 Å². The largest absolute Gasteiger partial charge is 0.374 e. The molecule has 0 saturated heterocycles. The first-order valence-corrected chi connectivity index (χ1v) is 7.05. The summed E-state index contributed by atoms with van der Waals surface area (Å²) in [5.74, 6) is 0.548. The summed E-state index contributed by atoms with van der Waals surface area (Å²) in [5, 5.41) is 3.19. The van der Waals surface area contributed by atoms with Gasteiger partial charge in [-0.15, -0.1) is 0 Å². The fourth-order valence-electron chi connectivity index (χ4n) is 2.09. The second-order valence-corrected chi connectivity index (χ2v) is 5.77. The number of halogens is 1. The van der Waals surface area contributed by atoms with Gasteiger partial charge in [-0.2, -0.15) is 0 Å². The number of nitrogens with zero attached hydrogens (tertiary/aromatic N) is 1. The molecule has 1 aromatic rings. The number of hydrogen-bond donors (Lipinski definition) is 1. The normalized spacial score (nSPS) is 12.8. The van der Waals surface area contributed by atoms with Crippen LogP contribution in [0.25, 0.3) is 0 Å². The first kappa shape index (κ1) is 16.0. The van der Waals surface area contributed by atoms with Gasteiger partial charge in [-0.05, 0) is 56.5 Å². The van der Waals surface area contributed by atoms with Gasteiger partial charge in [0.25, 0.3) is 0 Å². The van der Waals surface area contributed by atoms with Crippen LogP contribution < -0.4 is 10.2 Å². The van der Waals surface area contributed by atoms with Crippen LogP contribution in [0.4, 0.5) is 10.1 Å². The van der Waals surface area contributed by atoms with Crippen LogP contribution in [-0.2, 0) is 0 Å². The molecule has 0 amide bonds. The van der Waals surface area contributed by atoms with Gasteiger partial charge >= 0.3 is 0 Å². The highest BCUT2D eigenvalue weighted by atomic mass is 19.1. The Morgan fingerprint density at radius 3 is 2.42 bits per heavy atom. The zero-order valence-corrected chi connectivity index (χ0v) is 13.0. The summed E-state index contributed by atoms with van der Waals surface area (Å²) < 4.78 is 13.8. The van der Waals surface area contributed by atoms with Crippen molar-refractivity contribution in [2.75, 3.05) is 25.5 Å². The molecule has 0 fully saturated rings. The van der Waals surface area contributed by atoms with E-state index in [-0.39, 0.29) is 11.9 Å². The lowest BCUT2D eigenvalue weighted by Crippen LogP contribution is -2.24. The Bertz CT molecular complexity index is 415. The second kappa shape index (κ2) is 6.90. The van der Waals surface area contributed by atoms with Crippen molar-refractivity contribution in [3.05, 3.63) is 29.1 Å². The molecule has 0 aliphatic rings. The number of rotatable bonds is 6. The van der Waals surface area contributed by atoms with E-state index in [1.165, 1.54) is 0 Å². The third kappa shape index (κ3) is 4.20. The molecule has 1 rings (SSSR count). The molecule has 0 aromatic heterocycles. The lowest BCUT2D eigenvalue weighted by Gasteiger charge is -2.26. The molecule has 108 valence electrons. The predicted octanol–water partition coefficient (Wildman–Crippen LogP) is 3.90. The van der Waals surface area contributed by atoms with E-state index in [4.69, 9.17) is 0 Å².